The number of hydrogen-bond donors (Lipinski definition) is 0. The van der Waals surface area contributed by atoms with E-state index in [1.54, 1.807) is 0 Å². The van der Waals surface area contributed by atoms with E-state index in [1.807, 2.05) is 25.1 Å². The van der Waals surface area contributed by atoms with Crippen molar-refractivity contribution in [3.63, 3.8) is 0 Å². The van der Waals surface area contributed by atoms with E-state index in [-0.39, 0.29) is 5.78 Å². The van der Waals surface area contributed by atoms with Crippen molar-refractivity contribution in [3.05, 3.63) is 63.7 Å². The number of carbonyl (C=O) groups is 1. The average molecular weight is 262 g/mol. The van der Waals surface area contributed by atoms with Crippen molar-refractivity contribution in [2.75, 3.05) is 0 Å². The zero-order valence-corrected chi connectivity index (χ0v) is 12.4. The maximum atomic E-state index is 12.4. The molecule has 100 valence electrons. The lowest BCUT2D eigenvalue weighted by molar-refractivity contribution is 0.103. The first-order valence-electron chi connectivity index (χ1n) is 6.93. The van der Waals surface area contributed by atoms with Crippen LogP contribution in [-0.4, -0.2) is 5.78 Å². The van der Waals surface area contributed by atoms with Gasteiger partial charge in [-0.1, -0.05) is 35.9 Å². The van der Waals surface area contributed by atoms with Crippen LogP contribution in [0.5, 0.6) is 0 Å². The lowest BCUT2D eigenvalue weighted by Crippen LogP contribution is -2.01. The second-order valence-corrected chi connectivity index (χ2v) is 5.70. The smallest absolute Gasteiger partial charge is 0.189 e. The van der Waals surface area contributed by atoms with Crippen LogP contribution >= 0.6 is 0 Å². The summed E-state index contributed by atoms with van der Waals surface area (Å²) in [6.07, 6.45) is 1.99. The molecular weight excluding hydrogens is 244 g/mol. The summed E-state index contributed by atoms with van der Waals surface area (Å²) in [5.41, 5.74) is 8.72. The highest BCUT2D eigenvalue weighted by Gasteiger charge is 2.24. The normalized spacial score (nSPS) is 13.4. The lowest BCUT2D eigenvalue weighted by Gasteiger charge is -2.15. The van der Waals surface area contributed by atoms with Crippen molar-refractivity contribution >= 4 is 11.9 Å². The van der Waals surface area contributed by atoms with E-state index in [0.717, 1.165) is 22.3 Å². The van der Waals surface area contributed by atoms with E-state index in [4.69, 9.17) is 0 Å². The van der Waals surface area contributed by atoms with E-state index in [9.17, 15) is 4.79 Å². The Hall–Kier alpha value is -2.15. The van der Waals surface area contributed by atoms with Crippen LogP contribution in [0.1, 0.15) is 39.5 Å². The van der Waals surface area contributed by atoms with E-state index in [2.05, 4.69) is 39.0 Å². The largest absolute Gasteiger partial charge is 0.289 e. The van der Waals surface area contributed by atoms with E-state index in [1.165, 1.54) is 22.3 Å². The number of aryl methyl sites for hydroxylation is 3. The van der Waals surface area contributed by atoms with Gasteiger partial charge < -0.3 is 0 Å². The molecule has 1 aliphatic rings. The molecule has 20 heavy (non-hydrogen) atoms. The third-order valence-corrected chi connectivity index (χ3v) is 4.00. The Labute approximate surface area is 120 Å². The Morgan fingerprint density at radius 1 is 0.850 bits per heavy atom. The molecular formula is C19H18O. The molecule has 0 bridgehead atoms. The predicted molar refractivity (Wildman–Crippen MR) is 84.1 cm³/mol. The third kappa shape index (κ3) is 1.82. The van der Waals surface area contributed by atoms with Crippen LogP contribution in [0.4, 0.5) is 0 Å². The predicted octanol–water partition coefficient (Wildman–Crippen LogP) is 4.88. The van der Waals surface area contributed by atoms with Gasteiger partial charge in [-0.2, -0.15) is 0 Å². The highest BCUT2D eigenvalue weighted by molar-refractivity contribution is 6.20. The summed E-state index contributed by atoms with van der Waals surface area (Å²) in [7, 11) is 0. The number of rotatable bonds is 1. The number of ketones is 1. The maximum absolute atomic E-state index is 12.4. The summed E-state index contributed by atoms with van der Waals surface area (Å²) in [5.74, 6) is 0.162. The van der Waals surface area contributed by atoms with Gasteiger partial charge in [0.25, 0.3) is 0 Å². The van der Waals surface area contributed by atoms with Crippen LogP contribution < -0.4 is 0 Å². The summed E-state index contributed by atoms with van der Waals surface area (Å²) in [6, 6.07) is 10.5. The molecule has 0 heterocycles. The molecule has 0 unspecified atom stereocenters. The minimum atomic E-state index is 0.162. The van der Waals surface area contributed by atoms with Crippen molar-refractivity contribution in [3.8, 4) is 11.1 Å². The summed E-state index contributed by atoms with van der Waals surface area (Å²) in [5, 5.41) is 0. The first-order chi connectivity index (χ1) is 9.49. The zero-order valence-electron chi connectivity index (χ0n) is 12.4. The van der Waals surface area contributed by atoms with E-state index < -0.39 is 0 Å². The Morgan fingerprint density at radius 3 is 2.15 bits per heavy atom. The second kappa shape index (κ2) is 4.45. The Balaban J connectivity index is 2.30. The fourth-order valence-electron chi connectivity index (χ4n) is 3.25. The number of allylic oxidation sites excluding steroid dienone is 1. The van der Waals surface area contributed by atoms with Crippen molar-refractivity contribution in [2.24, 2.45) is 0 Å². The number of hydrogen-bond acceptors (Lipinski definition) is 1. The molecule has 0 fully saturated rings. The van der Waals surface area contributed by atoms with E-state index in [0.29, 0.717) is 0 Å². The number of carbonyl (C=O) groups excluding carboxylic acids is 1. The highest BCUT2D eigenvalue weighted by atomic mass is 16.1. The molecule has 0 aliphatic heterocycles. The molecule has 2 aromatic carbocycles. The molecule has 0 spiro atoms. The van der Waals surface area contributed by atoms with Crippen LogP contribution in [0.3, 0.4) is 0 Å². The first-order valence-corrected chi connectivity index (χ1v) is 6.93. The van der Waals surface area contributed by atoms with Gasteiger partial charge in [0.2, 0.25) is 0 Å². The molecule has 1 aliphatic carbocycles. The fourth-order valence-corrected chi connectivity index (χ4v) is 3.25. The van der Waals surface area contributed by atoms with Crippen LogP contribution in [0, 0.1) is 20.8 Å². The molecule has 1 nitrogen and oxygen atoms in total. The van der Waals surface area contributed by atoms with Crippen molar-refractivity contribution in [2.45, 2.75) is 27.7 Å². The molecule has 0 atom stereocenters. The van der Waals surface area contributed by atoms with Crippen molar-refractivity contribution in [1.82, 2.24) is 0 Å². The number of benzene rings is 2. The molecule has 0 aromatic heterocycles. The zero-order chi connectivity index (χ0) is 14.4. The summed E-state index contributed by atoms with van der Waals surface area (Å²) in [4.78, 5) is 12.4. The third-order valence-electron chi connectivity index (χ3n) is 4.00. The van der Waals surface area contributed by atoms with Gasteiger partial charge in [-0.15, -0.1) is 0 Å². The molecule has 3 rings (SSSR count). The first kappa shape index (κ1) is 12.9. The van der Waals surface area contributed by atoms with Crippen LogP contribution in [0.15, 0.2) is 35.9 Å². The number of Topliss-reactive ketones (excluding diaryl/α,β-unsaturated/α-hetero) is 1. The molecule has 1 heteroatoms. The summed E-state index contributed by atoms with van der Waals surface area (Å²) in [6.45, 7) is 8.24. The topological polar surface area (TPSA) is 17.1 Å². The van der Waals surface area contributed by atoms with Crippen LogP contribution in [0.25, 0.3) is 17.2 Å². The minimum absolute atomic E-state index is 0.162. The minimum Gasteiger partial charge on any atom is -0.289 e. The SMILES string of the molecule is CC1=Cc2cccc(-c3c(C)cc(C)cc3C)c2C1=O. The van der Waals surface area contributed by atoms with Gasteiger partial charge in [0.15, 0.2) is 5.78 Å². The Kier molecular flexibility index (Phi) is 2.86. The maximum Gasteiger partial charge on any atom is 0.189 e. The van der Waals surface area contributed by atoms with Crippen molar-refractivity contribution in [1.29, 1.82) is 0 Å². The molecule has 0 saturated heterocycles. The van der Waals surface area contributed by atoms with Crippen LogP contribution in [-0.2, 0) is 0 Å². The fraction of sp³-hybridized carbons (Fsp3) is 0.211. The monoisotopic (exact) mass is 262 g/mol. The average Bonchev–Trinajstić information content (AvgIpc) is 2.65. The lowest BCUT2D eigenvalue weighted by atomic mass is 9.89. The van der Waals surface area contributed by atoms with Gasteiger partial charge in [0, 0.05) is 5.56 Å². The molecule has 0 amide bonds. The van der Waals surface area contributed by atoms with Crippen molar-refractivity contribution < 1.29 is 4.79 Å². The summed E-state index contributed by atoms with van der Waals surface area (Å²) < 4.78 is 0. The molecule has 0 N–H and O–H groups in total. The van der Waals surface area contributed by atoms with E-state index >= 15 is 0 Å². The Bertz CT molecular complexity index is 740. The van der Waals surface area contributed by atoms with Gasteiger partial charge in [-0.05, 0) is 67.2 Å². The van der Waals surface area contributed by atoms with Gasteiger partial charge in [-0.3, -0.25) is 4.79 Å². The summed E-state index contributed by atoms with van der Waals surface area (Å²) >= 11 is 0. The van der Waals surface area contributed by atoms with Gasteiger partial charge in [-0.25, -0.2) is 0 Å². The number of fused-ring (bicyclic) bond motifs is 1. The second-order valence-electron chi connectivity index (χ2n) is 5.70. The van der Waals surface area contributed by atoms with Crippen LogP contribution in [0.2, 0.25) is 0 Å². The van der Waals surface area contributed by atoms with Gasteiger partial charge in [0.05, 0.1) is 0 Å². The molecule has 0 radical (unpaired) electrons. The highest BCUT2D eigenvalue weighted by Crippen LogP contribution is 2.37. The molecule has 2 aromatic rings. The molecule has 0 saturated carbocycles. The van der Waals surface area contributed by atoms with Gasteiger partial charge >= 0.3 is 0 Å². The standard InChI is InChI=1S/C19H18O/c1-11-8-12(2)17(13(3)9-11)16-7-5-6-15-10-14(4)19(20)18(15)16/h5-10H,1-4H3. The quantitative estimate of drug-likeness (QED) is 0.716. The van der Waals surface area contributed by atoms with Gasteiger partial charge in [0.1, 0.15) is 0 Å². The Morgan fingerprint density at radius 2 is 1.50 bits per heavy atom.